The number of hydrogen-bond donors (Lipinski definition) is 0. The molecule has 1 nitrogen and oxygen atoms in total. The molecule has 0 aromatic rings. The van der Waals surface area contributed by atoms with Crippen LogP contribution in [-0.4, -0.2) is 41.3 Å². The lowest BCUT2D eigenvalue weighted by Gasteiger charge is -2.39. The minimum absolute atomic E-state index is 4.04. The van der Waals surface area contributed by atoms with Crippen LogP contribution in [0.3, 0.4) is 0 Å². The maximum absolute atomic E-state index is 12.5. The van der Waals surface area contributed by atoms with Crippen molar-refractivity contribution in [2.45, 2.75) is 35.9 Å². The monoisotopic (exact) mass is 371 g/mol. The fourth-order valence-electron chi connectivity index (χ4n) is 0.867. The normalized spacial score (nSPS) is 16.4. The fourth-order valence-corrected chi connectivity index (χ4v) is 0.867. The Kier molecular flexibility index (Phi) is 4.71. The molecule has 0 saturated carbocycles. The summed E-state index contributed by atoms with van der Waals surface area (Å²) in [5.41, 5.74) is 0. The molecule has 0 amide bonds. The molecular formula is C6F15N. The van der Waals surface area contributed by atoms with Crippen molar-refractivity contribution in [3.63, 3.8) is 0 Å². The molecule has 0 unspecified atom stereocenters. The van der Waals surface area contributed by atoms with Crippen LogP contribution in [0.25, 0.3) is 0 Å². The minimum Gasteiger partial charge on any atom is -0.192 e. The summed E-state index contributed by atoms with van der Waals surface area (Å²) in [6.45, 7) is 0. The van der Waals surface area contributed by atoms with Gasteiger partial charge in [0.1, 0.15) is 0 Å². The summed E-state index contributed by atoms with van der Waals surface area (Å²) in [5.74, 6) is -32.3. The van der Waals surface area contributed by atoms with Gasteiger partial charge in [-0.05, 0) is 0 Å². The lowest BCUT2D eigenvalue weighted by atomic mass is 9.97. The van der Waals surface area contributed by atoms with Crippen molar-refractivity contribution >= 4 is 0 Å². The largest absolute Gasteiger partial charge is 0.460 e. The summed E-state index contributed by atoms with van der Waals surface area (Å²) in [4.78, 5) is 0. The van der Waals surface area contributed by atoms with E-state index >= 15 is 0 Å². The van der Waals surface area contributed by atoms with Crippen molar-refractivity contribution in [2.75, 3.05) is 0 Å². The zero-order valence-corrected chi connectivity index (χ0v) is 9.12. The van der Waals surface area contributed by atoms with Gasteiger partial charge in [-0.15, -0.1) is 0 Å². The highest BCUT2D eigenvalue weighted by Gasteiger charge is 2.92. The molecule has 0 fully saturated rings. The maximum atomic E-state index is 12.5. The van der Waals surface area contributed by atoms with Crippen LogP contribution in [0.1, 0.15) is 0 Å². The van der Waals surface area contributed by atoms with Gasteiger partial charge in [-0.3, -0.25) is 0 Å². The van der Waals surface area contributed by atoms with Gasteiger partial charge in [-0.25, -0.2) is 0 Å². The topological polar surface area (TPSA) is 3.24 Å². The second kappa shape index (κ2) is 4.95. The Hall–Kier alpha value is -1.09. The van der Waals surface area contributed by atoms with Crippen LogP contribution in [0.15, 0.2) is 0 Å². The molecule has 0 radical (unpaired) electrons. The molecule has 0 aromatic heterocycles. The predicted molar refractivity (Wildman–Crippen MR) is 34.8 cm³/mol. The van der Waals surface area contributed by atoms with E-state index in [0.29, 0.717) is 0 Å². The zero-order valence-electron chi connectivity index (χ0n) is 9.12. The van der Waals surface area contributed by atoms with E-state index < -0.39 is 41.3 Å². The highest BCUT2D eigenvalue weighted by atomic mass is 19.4. The smallest absolute Gasteiger partial charge is 0.192 e. The van der Waals surface area contributed by atoms with Crippen molar-refractivity contribution in [3.05, 3.63) is 0 Å². The lowest BCUT2D eigenvalue weighted by Crippen LogP contribution is -2.71. The molecule has 0 aliphatic rings. The molecule has 0 spiro atoms. The molecule has 0 aromatic carbocycles. The predicted octanol–water partition coefficient (Wildman–Crippen LogP) is 4.75. The highest BCUT2D eigenvalue weighted by molar-refractivity contribution is 5.09. The second-order valence-electron chi connectivity index (χ2n) is 3.57. The molecule has 134 valence electrons. The van der Waals surface area contributed by atoms with Crippen LogP contribution in [0.2, 0.25) is 0 Å². The average molecular weight is 371 g/mol. The summed E-state index contributed by atoms with van der Waals surface area (Å²) in [7, 11) is 0. The van der Waals surface area contributed by atoms with Crippen molar-refractivity contribution in [1.82, 2.24) is 5.34 Å². The van der Waals surface area contributed by atoms with Gasteiger partial charge in [0.05, 0.1) is 5.34 Å². The molecular weight excluding hydrogens is 371 g/mol. The first-order chi connectivity index (χ1) is 9.19. The van der Waals surface area contributed by atoms with Crippen LogP contribution < -0.4 is 0 Å². The molecule has 0 heterocycles. The molecule has 0 atom stereocenters. The van der Waals surface area contributed by atoms with Gasteiger partial charge in [0, 0.05) is 0 Å². The Balaban J connectivity index is 6.24. The Morgan fingerprint density at radius 3 is 0.909 bits per heavy atom. The lowest BCUT2D eigenvalue weighted by molar-refractivity contribution is -0.477. The SMILES string of the molecule is FN(F)C(F)(F)C(F)(F)C(F)(F)C(F)(F)C(F)(F)C(F)(F)F. The van der Waals surface area contributed by atoms with Gasteiger partial charge >= 0.3 is 35.9 Å². The van der Waals surface area contributed by atoms with E-state index in [1.54, 1.807) is 0 Å². The average Bonchev–Trinajstić information content (AvgIpc) is 2.25. The number of nitrogens with zero attached hydrogens (tertiary/aromatic N) is 1. The third-order valence-corrected chi connectivity index (χ3v) is 2.13. The van der Waals surface area contributed by atoms with E-state index in [0.717, 1.165) is 0 Å². The van der Waals surface area contributed by atoms with Gasteiger partial charge in [-0.2, -0.15) is 57.1 Å². The Morgan fingerprint density at radius 1 is 0.409 bits per heavy atom. The molecule has 16 heteroatoms. The molecule has 0 rings (SSSR count). The summed E-state index contributed by atoms with van der Waals surface area (Å²) >= 11 is 0. The quantitative estimate of drug-likeness (QED) is 0.383. The number of rotatable bonds is 5. The molecule has 0 bridgehead atoms. The Labute approximate surface area is 109 Å². The van der Waals surface area contributed by atoms with E-state index in [2.05, 4.69) is 0 Å². The minimum atomic E-state index is -8.21. The van der Waals surface area contributed by atoms with E-state index in [1.165, 1.54) is 0 Å². The van der Waals surface area contributed by atoms with Crippen LogP contribution in [-0.2, 0) is 0 Å². The Bertz CT molecular complexity index is 405. The molecule has 0 N–H and O–H groups in total. The van der Waals surface area contributed by atoms with Crippen molar-refractivity contribution in [2.24, 2.45) is 0 Å². The van der Waals surface area contributed by atoms with Gasteiger partial charge < -0.3 is 0 Å². The first-order valence-electron chi connectivity index (χ1n) is 4.27. The summed E-state index contributed by atoms with van der Waals surface area (Å²) in [5, 5.41) is -4.04. The zero-order chi connectivity index (χ0) is 18.6. The molecule has 0 aliphatic heterocycles. The van der Waals surface area contributed by atoms with Crippen molar-refractivity contribution < 1.29 is 66.0 Å². The standard InChI is InChI=1S/C6F15N/c7-1(8,3(11,12)5(15,16)17)2(9,10)4(13,14)6(18,19)22(20)21. The van der Waals surface area contributed by atoms with E-state index in [1.807, 2.05) is 0 Å². The molecule has 0 saturated heterocycles. The maximum Gasteiger partial charge on any atom is 0.460 e. The van der Waals surface area contributed by atoms with Gasteiger partial charge in [-0.1, -0.05) is 8.96 Å². The highest BCUT2D eigenvalue weighted by Crippen LogP contribution is 2.60. The summed E-state index contributed by atoms with van der Waals surface area (Å²) < 4.78 is 181. The van der Waals surface area contributed by atoms with Crippen LogP contribution in [0, 0.1) is 0 Å². The Morgan fingerprint density at radius 2 is 0.682 bits per heavy atom. The summed E-state index contributed by atoms with van der Waals surface area (Å²) in [6.07, 6.45) is -7.57. The van der Waals surface area contributed by atoms with Crippen LogP contribution in [0.4, 0.5) is 66.0 Å². The number of hydrogen-bond acceptors (Lipinski definition) is 1. The van der Waals surface area contributed by atoms with Gasteiger partial charge in [0.25, 0.3) is 0 Å². The summed E-state index contributed by atoms with van der Waals surface area (Å²) in [6, 6.07) is -7.48. The number of alkyl halides is 13. The van der Waals surface area contributed by atoms with Gasteiger partial charge in [0.2, 0.25) is 0 Å². The van der Waals surface area contributed by atoms with Gasteiger partial charge in [0.15, 0.2) is 0 Å². The first-order valence-corrected chi connectivity index (χ1v) is 4.27. The van der Waals surface area contributed by atoms with E-state index in [9.17, 15) is 66.0 Å². The third kappa shape index (κ3) is 2.44. The van der Waals surface area contributed by atoms with Crippen molar-refractivity contribution in [1.29, 1.82) is 0 Å². The third-order valence-electron chi connectivity index (χ3n) is 2.13. The molecule has 22 heavy (non-hydrogen) atoms. The molecule has 0 aliphatic carbocycles. The number of halogens is 15. The van der Waals surface area contributed by atoms with Crippen LogP contribution >= 0.6 is 0 Å². The van der Waals surface area contributed by atoms with E-state index in [4.69, 9.17) is 0 Å². The first kappa shape index (κ1) is 20.9. The van der Waals surface area contributed by atoms with E-state index in [-0.39, 0.29) is 0 Å². The fraction of sp³-hybridized carbons (Fsp3) is 1.00. The van der Waals surface area contributed by atoms with Crippen molar-refractivity contribution in [3.8, 4) is 0 Å². The second-order valence-corrected chi connectivity index (χ2v) is 3.57. The van der Waals surface area contributed by atoms with Crippen LogP contribution in [0.5, 0.6) is 0 Å².